The van der Waals surface area contributed by atoms with Gasteiger partial charge in [-0.2, -0.15) is 5.10 Å². The molecule has 1 heterocycles. The summed E-state index contributed by atoms with van der Waals surface area (Å²) in [7, 11) is 0. The van der Waals surface area contributed by atoms with E-state index in [-0.39, 0.29) is 6.92 Å². The molecule has 0 unspecified atom stereocenters. The first-order chi connectivity index (χ1) is 4.79. The fourth-order valence-electron chi connectivity index (χ4n) is 0.788. The number of aromatic nitrogens is 2. The molecule has 0 atom stereocenters. The maximum absolute atomic E-state index is 8.92. The van der Waals surface area contributed by atoms with Gasteiger partial charge in [-0.3, -0.25) is 5.10 Å². The Labute approximate surface area is 60.6 Å². The molecule has 0 aliphatic heterocycles. The molecule has 1 rings (SSSR count). The summed E-state index contributed by atoms with van der Waals surface area (Å²) >= 11 is 0. The van der Waals surface area contributed by atoms with Crippen LogP contribution in [0.4, 0.5) is 0 Å². The van der Waals surface area contributed by atoms with Gasteiger partial charge in [0, 0.05) is 11.9 Å². The molecular weight excluding hydrogens is 127 g/mol. The van der Waals surface area contributed by atoms with Crippen LogP contribution in [0.25, 0.3) is 0 Å². The lowest BCUT2D eigenvalue weighted by molar-refractivity contribution is 0.575. The molecule has 4 heteroatoms. The molecule has 0 saturated heterocycles. The van der Waals surface area contributed by atoms with Gasteiger partial charge < -0.3 is 5.02 Å². The molecular formula is C6H11BN2O. The van der Waals surface area contributed by atoms with Crippen LogP contribution < -0.4 is 0 Å². The van der Waals surface area contributed by atoms with Gasteiger partial charge in [0.2, 0.25) is 0 Å². The highest BCUT2D eigenvalue weighted by molar-refractivity contribution is 6.48. The predicted octanol–water partition coefficient (Wildman–Crippen LogP) is 0.566. The Bertz CT molecular complexity index is 174. The molecule has 0 bridgehead atoms. The molecule has 10 heavy (non-hydrogen) atoms. The van der Waals surface area contributed by atoms with Crippen molar-refractivity contribution in [2.45, 2.75) is 19.6 Å². The van der Waals surface area contributed by atoms with E-state index in [1.54, 1.807) is 13.0 Å². The van der Waals surface area contributed by atoms with Crippen LogP contribution in [-0.2, 0) is 6.42 Å². The molecule has 1 aromatic heterocycles. The van der Waals surface area contributed by atoms with Crippen LogP contribution >= 0.6 is 0 Å². The number of aromatic amines is 1. The van der Waals surface area contributed by atoms with Gasteiger partial charge in [0.1, 0.15) is 0 Å². The summed E-state index contributed by atoms with van der Waals surface area (Å²) < 4.78 is 0. The molecule has 1 aromatic rings. The lowest BCUT2D eigenvalue weighted by atomic mass is 9.67. The highest BCUT2D eigenvalue weighted by atomic mass is 16.2. The molecule has 0 aromatic carbocycles. The summed E-state index contributed by atoms with van der Waals surface area (Å²) in [4.78, 5) is 0. The van der Waals surface area contributed by atoms with E-state index in [4.69, 9.17) is 5.02 Å². The van der Waals surface area contributed by atoms with Crippen molar-refractivity contribution >= 4 is 6.92 Å². The van der Waals surface area contributed by atoms with Crippen molar-refractivity contribution < 1.29 is 5.02 Å². The van der Waals surface area contributed by atoms with Crippen LogP contribution in [0.15, 0.2) is 12.3 Å². The molecule has 2 N–H and O–H groups in total. The summed E-state index contributed by atoms with van der Waals surface area (Å²) in [5, 5.41) is 15.5. The van der Waals surface area contributed by atoms with Crippen LogP contribution in [0.3, 0.4) is 0 Å². The predicted molar refractivity (Wildman–Crippen MR) is 40.9 cm³/mol. The van der Waals surface area contributed by atoms with Crippen molar-refractivity contribution in [3.8, 4) is 0 Å². The summed E-state index contributed by atoms with van der Waals surface area (Å²) in [5.41, 5.74) is 1.08. The normalized spacial score (nSPS) is 9.80. The minimum Gasteiger partial charge on any atom is -0.451 e. The Hall–Kier alpha value is -0.765. The number of nitrogens with zero attached hydrogens (tertiary/aromatic N) is 1. The average Bonchev–Trinajstić information content (AvgIpc) is 2.34. The number of hydrogen-bond acceptors (Lipinski definition) is 2. The van der Waals surface area contributed by atoms with Crippen LogP contribution in [0, 0.1) is 0 Å². The third-order valence-corrected chi connectivity index (χ3v) is 1.39. The topological polar surface area (TPSA) is 48.9 Å². The standard InChI is InChI=1S/C6H11BN2O/c1-7(10)4-2-6-3-5-8-9-6/h3,5,10H,2,4H2,1H3,(H,8,9). The number of H-pyrrole nitrogens is 1. The van der Waals surface area contributed by atoms with Crippen molar-refractivity contribution in [1.82, 2.24) is 10.2 Å². The van der Waals surface area contributed by atoms with Crippen LogP contribution in [0.1, 0.15) is 5.69 Å². The van der Waals surface area contributed by atoms with Crippen molar-refractivity contribution in [3.05, 3.63) is 18.0 Å². The number of hydrogen-bond donors (Lipinski definition) is 2. The third-order valence-electron chi connectivity index (χ3n) is 1.39. The molecule has 0 amide bonds. The van der Waals surface area contributed by atoms with Gasteiger partial charge in [-0.15, -0.1) is 0 Å². The van der Waals surface area contributed by atoms with E-state index in [2.05, 4.69) is 10.2 Å². The minimum absolute atomic E-state index is 0.219. The largest absolute Gasteiger partial charge is 0.451 e. The number of rotatable bonds is 3. The molecule has 0 aliphatic carbocycles. The molecule has 0 saturated carbocycles. The summed E-state index contributed by atoms with van der Waals surface area (Å²) in [6, 6.07) is 1.92. The first-order valence-corrected chi connectivity index (χ1v) is 3.45. The SMILES string of the molecule is CB(O)CCc1ccn[nH]1. The van der Waals surface area contributed by atoms with Gasteiger partial charge in [-0.05, 0) is 18.8 Å². The molecule has 54 valence electrons. The molecule has 3 nitrogen and oxygen atoms in total. The van der Waals surface area contributed by atoms with Gasteiger partial charge in [-0.1, -0.05) is 6.82 Å². The molecule has 0 radical (unpaired) electrons. The second-order valence-corrected chi connectivity index (χ2v) is 2.47. The second kappa shape index (κ2) is 3.41. The lowest BCUT2D eigenvalue weighted by Gasteiger charge is -1.95. The van der Waals surface area contributed by atoms with Crippen molar-refractivity contribution in [3.63, 3.8) is 0 Å². The van der Waals surface area contributed by atoms with Crippen LogP contribution in [0.2, 0.25) is 13.1 Å². The Kier molecular flexibility index (Phi) is 2.51. The van der Waals surface area contributed by atoms with Gasteiger partial charge in [0.15, 0.2) is 0 Å². The van der Waals surface area contributed by atoms with E-state index in [1.807, 2.05) is 6.07 Å². The third kappa shape index (κ3) is 2.23. The first-order valence-electron chi connectivity index (χ1n) is 3.45. The first kappa shape index (κ1) is 7.34. The molecule has 0 aliphatic rings. The number of aryl methyl sites for hydroxylation is 1. The van der Waals surface area contributed by atoms with Gasteiger partial charge in [0.05, 0.1) is 0 Å². The van der Waals surface area contributed by atoms with Crippen molar-refractivity contribution in [2.75, 3.05) is 0 Å². The van der Waals surface area contributed by atoms with E-state index >= 15 is 0 Å². The van der Waals surface area contributed by atoms with Crippen LogP contribution in [-0.4, -0.2) is 22.1 Å². The Morgan fingerprint density at radius 3 is 3.10 bits per heavy atom. The smallest absolute Gasteiger partial charge is 0.286 e. The van der Waals surface area contributed by atoms with E-state index in [0.29, 0.717) is 0 Å². The van der Waals surface area contributed by atoms with E-state index in [0.717, 1.165) is 18.4 Å². The van der Waals surface area contributed by atoms with E-state index < -0.39 is 0 Å². The zero-order chi connectivity index (χ0) is 7.40. The van der Waals surface area contributed by atoms with Gasteiger partial charge in [-0.25, -0.2) is 0 Å². The van der Waals surface area contributed by atoms with E-state index in [1.165, 1.54) is 0 Å². The lowest BCUT2D eigenvalue weighted by Crippen LogP contribution is -2.06. The molecule has 0 spiro atoms. The van der Waals surface area contributed by atoms with Gasteiger partial charge in [0.25, 0.3) is 6.92 Å². The fraction of sp³-hybridized carbons (Fsp3) is 0.500. The Morgan fingerprint density at radius 2 is 2.60 bits per heavy atom. The minimum atomic E-state index is -0.219. The van der Waals surface area contributed by atoms with Crippen molar-refractivity contribution in [2.24, 2.45) is 0 Å². The summed E-state index contributed by atoms with van der Waals surface area (Å²) in [6.45, 7) is 1.57. The maximum atomic E-state index is 8.92. The Balaban J connectivity index is 2.28. The molecule has 0 fully saturated rings. The average molecular weight is 138 g/mol. The summed E-state index contributed by atoms with van der Waals surface area (Å²) in [6.07, 6.45) is 3.39. The zero-order valence-electron chi connectivity index (χ0n) is 6.04. The summed E-state index contributed by atoms with van der Waals surface area (Å²) in [5.74, 6) is 0. The maximum Gasteiger partial charge on any atom is 0.286 e. The highest BCUT2D eigenvalue weighted by Crippen LogP contribution is 1.99. The monoisotopic (exact) mass is 138 g/mol. The fourth-order valence-corrected chi connectivity index (χ4v) is 0.788. The van der Waals surface area contributed by atoms with E-state index in [9.17, 15) is 0 Å². The second-order valence-electron chi connectivity index (χ2n) is 2.47. The van der Waals surface area contributed by atoms with Gasteiger partial charge >= 0.3 is 0 Å². The highest BCUT2D eigenvalue weighted by Gasteiger charge is 2.02. The Morgan fingerprint density at radius 1 is 1.80 bits per heavy atom. The van der Waals surface area contributed by atoms with Crippen molar-refractivity contribution in [1.29, 1.82) is 0 Å². The quantitative estimate of drug-likeness (QED) is 0.599. The van der Waals surface area contributed by atoms with Crippen LogP contribution in [0.5, 0.6) is 0 Å². The zero-order valence-corrected chi connectivity index (χ0v) is 6.04. The number of nitrogens with one attached hydrogen (secondary N) is 1.